The summed E-state index contributed by atoms with van der Waals surface area (Å²) in [5, 5.41) is 10.7. The van der Waals surface area contributed by atoms with Crippen LogP contribution < -0.4 is 10.5 Å². The number of hydrogen-bond donors (Lipinski definition) is 2. The van der Waals surface area contributed by atoms with E-state index in [1.165, 1.54) is 0 Å². The maximum Gasteiger partial charge on any atom is 0.274 e. The third kappa shape index (κ3) is 1.48. The summed E-state index contributed by atoms with van der Waals surface area (Å²) in [6.45, 7) is 0.726. The Morgan fingerprint density at radius 1 is 1.39 bits per heavy atom. The predicted octanol–water partition coefficient (Wildman–Crippen LogP) is 1.36. The minimum absolute atomic E-state index is 0.463. The summed E-state index contributed by atoms with van der Waals surface area (Å²) in [6, 6.07) is 9.48. The first kappa shape index (κ1) is 10.9. The topological polar surface area (TPSA) is 57.5 Å². The number of hydrogen-bond acceptors (Lipinski definition) is 3. The van der Waals surface area contributed by atoms with Gasteiger partial charge in [-0.05, 0) is 29.8 Å². The lowest BCUT2D eigenvalue weighted by Crippen LogP contribution is -2.33. The summed E-state index contributed by atoms with van der Waals surface area (Å²) >= 11 is 0. The fourth-order valence-corrected chi connectivity index (χ4v) is 2.39. The highest BCUT2D eigenvalue weighted by molar-refractivity contribution is 5.94. The first-order valence-electron chi connectivity index (χ1n) is 5.67. The van der Waals surface area contributed by atoms with Crippen LogP contribution in [0.5, 0.6) is 0 Å². The molecule has 0 atom stereocenters. The van der Waals surface area contributed by atoms with E-state index >= 15 is 0 Å². The van der Waals surface area contributed by atoms with E-state index in [1.54, 1.807) is 11.5 Å². The lowest BCUT2D eigenvalue weighted by molar-refractivity contribution is 0.0706. The van der Waals surface area contributed by atoms with Gasteiger partial charge in [-0.2, -0.15) is 0 Å². The lowest BCUT2D eigenvalue weighted by atomic mass is 9.99. The van der Waals surface area contributed by atoms with Gasteiger partial charge in [0.05, 0.1) is 12.2 Å². The number of benzene rings is 1. The van der Waals surface area contributed by atoms with Gasteiger partial charge < -0.3 is 5.01 Å². The van der Waals surface area contributed by atoms with E-state index in [0.29, 0.717) is 5.56 Å². The maximum atomic E-state index is 11.4. The number of amides is 1. The Balaban J connectivity index is 2.13. The van der Waals surface area contributed by atoms with Crippen LogP contribution in [0.15, 0.2) is 36.5 Å². The molecule has 5 nitrogen and oxygen atoms in total. The van der Waals surface area contributed by atoms with Crippen LogP contribution in [0.25, 0.3) is 11.3 Å². The molecule has 2 N–H and O–H groups in total. The standard InChI is InChI=1S/C13H13N3O2/c1-15-8-10-7-9(13(17)14-18)4-5-11(10)12-3-2-6-16(12)15/h2-7,18H,8H2,1H3,(H,14,17). The molecule has 0 spiro atoms. The third-order valence-corrected chi connectivity index (χ3v) is 3.24. The molecule has 1 aliphatic rings. The van der Waals surface area contributed by atoms with E-state index in [4.69, 9.17) is 5.21 Å². The average Bonchev–Trinajstić information content (AvgIpc) is 2.87. The van der Waals surface area contributed by atoms with Gasteiger partial charge in [0.1, 0.15) is 0 Å². The lowest BCUT2D eigenvalue weighted by Gasteiger charge is -2.30. The fraction of sp³-hybridized carbons (Fsp3) is 0.154. The Labute approximate surface area is 104 Å². The second-order valence-electron chi connectivity index (χ2n) is 4.37. The van der Waals surface area contributed by atoms with E-state index < -0.39 is 5.91 Å². The van der Waals surface area contributed by atoms with E-state index in [0.717, 1.165) is 23.4 Å². The molecule has 0 fully saturated rings. The molecule has 1 aromatic carbocycles. The van der Waals surface area contributed by atoms with Crippen molar-refractivity contribution in [3.8, 4) is 11.3 Å². The zero-order chi connectivity index (χ0) is 12.7. The first-order chi connectivity index (χ1) is 8.70. The number of fused-ring (bicyclic) bond motifs is 3. The highest BCUT2D eigenvalue weighted by atomic mass is 16.5. The van der Waals surface area contributed by atoms with Crippen LogP contribution in [-0.2, 0) is 6.54 Å². The average molecular weight is 243 g/mol. The van der Waals surface area contributed by atoms with Gasteiger partial charge >= 0.3 is 0 Å². The van der Waals surface area contributed by atoms with Crippen LogP contribution >= 0.6 is 0 Å². The quantitative estimate of drug-likeness (QED) is 0.587. The molecule has 18 heavy (non-hydrogen) atoms. The molecule has 0 saturated heterocycles. The zero-order valence-corrected chi connectivity index (χ0v) is 9.92. The van der Waals surface area contributed by atoms with Crippen molar-refractivity contribution in [1.29, 1.82) is 0 Å². The normalized spacial score (nSPS) is 12.9. The zero-order valence-electron chi connectivity index (χ0n) is 9.92. The summed E-state index contributed by atoms with van der Waals surface area (Å²) in [4.78, 5) is 11.4. The monoisotopic (exact) mass is 243 g/mol. The van der Waals surface area contributed by atoms with Gasteiger partial charge in [-0.25, -0.2) is 5.48 Å². The van der Waals surface area contributed by atoms with Crippen LogP contribution in [0.1, 0.15) is 15.9 Å². The summed E-state index contributed by atoms with van der Waals surface area (Å²) in [7, 11) is 1.99. The molecule has 1 aliphatic heterocycles. The molecular formula is C13H13N3O2. The van der Waals surface area contributed by atoms with Crippen molar-refractivity contribution in [3.63, 3.8) is 0 Å². The smallest absolute Gasteiger partial charge is 0.274 e. The van der Waals surface area contributed by atoms with Gasteiger partial charge in [-0.15, -0.1) is 0 Å². The van der Waals surface area contributed by atoms with E-state index in [-0.39, 0.29) is 0 Å². The summed E-state index contributed by atoms with van der Waals surface area (Å²) in [5.74, 6) is -0.485. The van der Waals surface area contributed by atoms with Crippen molar-refractivity contribution in [2.24, 2.45) is 0 Å². The molecule has 0 bridgehead atoms. The number of aromatic nitrogens is 1. The highest BCUT2D eigenvalue weighted by Gasteiger charge is 2.19. The Morgan fingerprint density at radius 3 is 3.00 bits per heavy atom. The third-order valence-electron chi connectivity index (χ3n) is 3.24. The van der Waals surface area contributed by atoms with Crippen LogP contribution in [0.3, 0.4) is 0 Å². The Kier molecular flexibility index (Phi) is 2.34. The Bertz CT molecular complexity index is 618. The number of nitrogens with zero attached hydrogens (tertiary/aromatic N) is 2. The number of rotatable bonds is 1. The van der Waals surface area contributed by atoms with Gasteiger partial charge in [-0.3, -0.25) is 14.7 Å². The molecule has 92 valence electrons. The van der Waals surface area contributed by atoms with Gasteiger partial charge in [0.15, 0.2) is 0 Å². The van der Waals surface area contributed by atoms with Crippen molar-refractivity contribution in [2.75, 3.05) is 12.1 Å². The van der Waals surface area contributed by atoms with E-state index in [9.17, 15) is 4.79 Å². The minimum Gasteiger partial charge on any atom is -0.311 e. The van der Waals surface area contributed by atoms with Gasteiger partial charge in [0, 0.05) is 24.4 Å². The number of nitrogens with one attached hydrogen (secondary N) is 1. The molecule has 3 rings (SSSR count). The van der Waals surface area contributed by atoms with Gasteiger partial charge in [0.2, 0.25) is 0 Å². The molecule has 1 amide bonds. The van der Waals surface area contributed by atoms with Gasteiger partial charge in [-0.1, -0.05) is 6.07 Å². The summed E-state index contributed by atoms with van der Waals surface area (Å²) in [6.07, 6.45) is 2.01. The van der Waals surface area contributed by atoms with Crippen molar-refractivity contribution < 1.29 is 10.0 Å². The maximum absolute atomic E-state index is 11.4. The van der Waals surface area contributed by atoms with Crippen LogP contribution in [0.4, 0.5) is 0 Å². The molecular weight excluding hydrogens is 230 g/mol. The van der Waals surface area contributed by atoms with Gasteiger partial charge in [0.25, 0.3) is 5.91 Å². The number of hydroxylamine groups is 1. The minimum atomic E-state index is -0.485. The number of carbonyl (C=O) groups excluding carboxylic acids is 1. The van der Waals surface area contributed by atoms with Crippen molar-refractivity contribution in [3.05, 3.63) is 47.7 Å². The van der Waals surface area contributed by atoms with E-state index in [2.05, 4.69) is 9.69 Å². The second kappa shape index (κ2) is 3.89. The molecule has 1 aromatic heterocycles. The first-order valence-corrected chi connectivity index (χ1v) is 5.67. The van der Waals surface area contributed by atoms with Crippen LogP contribution in [0.2, 0.25) is 0 Å². The summed E-state index contributed by atoms with van der Waals surface area (Å²) in [5.41, 5.74) is 5.42. The largest absolute Gasteiger partial charge is 0.311 e. The molecule has 0 unspecified atom stereocenters. The molecule has 5 heteroatoms. The Hall–Kier alpha value is -2.27. The molecule has 0 radical (unpaired) electrons. The van der Waals surface area contributed by atoms with E-state index in [1.807, 2.05) is 37.5 Å². The Morgan fingerprint density at radius 2 is 2.22 bits per heavy atom. The van der Waals surface area contributed by atoms with Crippen molar-refractivity contribution in [2.45, 2.75) is 6.54 Å². The SMILES string of the molecule is CN1Cc2cc(C(=O)NO)ccc2-c2cccn21. The van der Waals surface area contributed by atoms with Crippen LogP contribution in [0, 0.1) is 0 Å². The highest BCUT2D eigenvalue weighted by Crippen LogP contribution is 2.30. The van der Waals surface area contributed by atoms with Crippen molar-refractivity contribution in [1.82, 2.24) is 10.2 Å². The predicted molar refractivity (Wildman–Crippen MR) is 67.0 cm³/mol. The van der Waals surface area contributed by atoms with Crippen LogP contribution in [-0.4, -0.2) is 22.8 Å². The molecule has 0 aliphatic carbocycles. The second-order valence-corrected chi connectivity index (χ2v) is 4.37. The summed E-state index contributed by atoms with van der Waals surface area (Å²) < 4.78 is 2.08. The molecule has 0 saturated carbocycles. The molecule has 2 aromatic rings. The molecule has 2 heterocycles. The van der Waals surface area contributed by atoms with Crippen molar-refractivity contribution >= 4 is 5.91 Å². The fourth-order valence-electron chi connectivity index (χ4n) is 2.39. The number of carbonyl (C=O) groups is 1.